The van der Waals surface area contributed by atoms with Crippen molar-refractivity contribution in [1.29, 1.82) is 0 Å². The molecule has 1 atom stereocenters. The molecule has 7 nitrogen and oxygen atoms in total. The number of anilines is 1. The highest BCUT2D eigenvalue weighted by molar-refractivity contribution is 7.97. The van der Waals surface area contributed by atoms with E-state index in [1.807, 2.05) is 30.3 Å². The molecule has 0 radical (unpaired) electrons. The first kappa shape index (κ1) is 14.7. The van der Waals surface area contributed by atoms with E-state index in [4.69, 9.17) is 4.74 Å². The smallest absolute Gasteiger partial charge is 0.204 e. The van der Waals surface area contributed by atoms with Crippen LogP contribution in [0.3, 0.4) is 0 Å². The largest absolute Gasteiger partial charge is 0.457 e. The van der Waals surface area contributed by atoms with Crippen LogP contribution in [0.4, 0.5) is 5.69 Å². The molecular weight excluding hydrogens is 336 g/mol. The molecule has 1 saturated heterocycles. The van der Waals surface area contributed by atoms with Crippen molar-refractivity contribution in [2.75, 3.05) is 11.4 Å². The number of aromatic amines is 1. The van der Waals surface area contributed by atoms with Crippen LogP contribution in [-0.4, -0.2) is 33.3 Å². The van der Waals surface area contributed by atoms with Gasteiger partial charge in [0.05, 0.1) is 11.9 Å². The SMILES string of the molecule is c1cc(-c2nn[nH]n2)ccc1Oc1ccc2c(c1)SNC1CCCN21. The quantitative estimate of drug-likeness (QED) is 0.701. The van der Waals surface area contributed by atoms with Gasteiger partial charge in [0.15, 0.2) is 0 Å². The zero-order valence-corrected chi connectivity index (χ0v) is 14.2. The minimum absolute atomic E-state index is 0.460. The monoisotopic (exact) mass is 352 g/mol. The number of hydrogen-bond donors (Lipinski definition) is 2. The van der Waals surface area contributed by atoms with Crippen molar-refractivity contribution in [1.82, 2.24) is 25.3 Å². The molecule has 1 unspecified atom stereocenters. The molecule has 0 bridgehead atoms. The first-order chi connectivity index (χ1) is 12.4. The summed E-state index contributed by atoms with van der Waals surface area (Å²) in [7, 11) is 0. The van der Waals surface area contributed by atoms with Crippen molar-refractivity contribution in [3.63, 3.8) is 0 Å². The molecule has 0 saturated carbocycles. The molecule has 8 heteroatoms. The number of H-pyrrole nitrogens is 1. The molecule has 126 valence electrons. The maximum atomic E-state index is 6.00. The second-order valence-electron chi connectivity index (χ2n) is 6.06. The van der Waals surface area contributed by atoms with Crippen LogP contribution in [0.1, 0.15) is 12.8 Å². The van der Waals surface area contributed by atoms with Crippen LogP contribution in [0.25, 0.3) is 11.4 Å². The van der Waals surface area contributed by atoms with Crippen molar-refractivity contribution in [2.45, 2.75) is 23.9 Å². The Morgan fingerprint density at radius 1 is 1.12 bits per heavy atom. The van der Waals surface area contributed by atoms with Gasteiger partial charge in [-0.05, 0) is 72.5 Å². The Labute approximate surface area is 148 Å². The van der Waals surface area contributed by atoms with E-state index < -0.39 is 0 Å². The van der Waals surface area contributed by atoms with Gasteiger partial charge in [-0.2, -0.15) is 5.21 Å². The first-order valence-corrected chi connectivity index (χ1v) is 9.03. The Hall–Kier alpha value is -2.58. The summed E-state index contributed by atoms with van der Waals surface area (Å²) in [6, 6.07) is 13.9. The van der Waals surface area contributed by atoms with Crippen molar-refractivity contribution >= 4 is 17.6 Å². The van der Waals surface area contributed by atoms with E-state index >= 15 is 0 Å². The summed E-state index contributed by atoms with van der Waals surface area (Å²) in [5.41, 5.74) is 2.19. The average molecular weight is 352 g/mol. The predicted molar refractivity (Wildman–Crippen MR) is 95.5 cm³/mol. The molecule has 3 aromatic rings. The zero-order valence-electron chi connectivity index (χ0n) is 13.3. The van der Waals surface area contributed by atoms with Gasteiger partial charge in [-0.15, -0.1) is 10.2 Å². The van der Waals surface area contributed by atoms with Crippen molar-refractivity contribution in [3.8, 4) is 22.9 Å². The maximum absolute atomic E-state index is 6.00. The van der Waals surface area contributed by atoms with E-state index in [2.05, 4.69) is 42.4 Å². The Kier molecular flexibility index (Phi) is 3.57. The number of rotatable bonds is 3. The molecule has 2 N–H and O–H groups in total. The maximum Gasteiger partial charge on any atom is 0.204 e. The van der Waals surface area contributed by atoms with Crippen LogP contribution in [0.2, 0.25) is 0 Å². The van der Waals surface area contributed by atoms with Gasteiger partial charge in [0, 0.05) is 17.0 Å². The van der Waals surface area contributed by atoms with E-state index in [9.17, 15) is 0 Å². The molecular formula is C17H16N6OS. The summed E-state index contributed by atoms with van der Waals surface area (Å²) in [5.74, 6) is 2.18. The van der Waals surface area contributed by atoms with Gasteiger partial charge in [0.25, 0.3) is 0 Å². The normalized spacial score (nSPS) is 18.7. The topological polar surface area (TPSA) is 79.0 Å². The fourth-order valence-corrected chi connectivity index (χ4v) is 4.25. The summed E-state index contributed by atoms with van der Waals surface area (Å²) < 4.78 is 9.52. The molecule has 0 spiro atoms. The number of fused-ring (bicyclic) bond motifs is 3. The molecule has 2 aromatic carbocycles. The fourth-order valence-electron chi connectivity index (χ4n) is 3.28. The van der Waals surface area contributed by atoms with Crippen LogP contribution in [0, 0.1) is 0 Å². The highest BCUT2D eigenvalue weighted by Gasteiger charge is 2.30. The highest BCUT2D eigenvalue weighted by atomic mass is 32.2. The number of aromatic nitrogens is 4. The number of hydrogen-bond acceptors (Lipinski definition) is 7. The lowest BCUT2D eigenvalue weighted by molar-refractivity contribution is 0.481. The second kappa shape index (κ2) is 6.05. The van der Waals surface area contributed by atoms with E-state index in [1.165, 1.54) is 23.4 Å². The number of ether oxygens (including phenoxy) is 1. The van der Waals surface area contributed by atoms with Crippen molar-refractivity contribution < 1.29 is 4.74 Å². The molecule has 25 heavy (non-hydrogen) atoms. The summed E-state index contributed by atoms with van der Waals surface area (Å²) >= 11 is 1.69. The third-order valence-electron chi connectivity index (χ3n) is 4.49. The van der Waals surface area contributed by atoms with E-state index in [0.29, 0.717) is 12.0 Å². The van der Waals surface area contributed by atoms with Crippen LogP contribution >= 0.6 is 11.9 Å². The Morgan fingerprint density at radius 3 is 2.84 bits per heavy atom. The van der Waals surface area contributed by atoms with Crippen LogP contribution < -0.4 is 14.4 Å². The van der Waals surface area contributed by atoms with Crippen LogP contribution in [-0.2, 0) is 0 Å². The number of tetrazole rings is 1. The summed E-state index contributed by atoms with van der Waals surface area (Å²) in [6.07, 6.45) is 2.90. The molecule has 2 aliphatic rings. The summed E-state index contributed by atoms with van der Waals surface area (Å²) in [6.45, 7) is 1.11. The summed E-state index contributed by atoms with van der Waals surface area (Å²) in [5, 5.41) is 14.0. The van der Waals surface area contributed by atoms with Gasteiger partial charge in [-0.3, -0.25) is 0 Å². The molecule has 1 fully saturated rings. The average Bonchev–Trinajstić information content (AvgIpc) is 3.34. The van der Waals surface area contributed by atoms with E-state index in [0.717, 1.165) is 23.6 Å². The fraction of sp³-hybridized carbons (Fsp3) is 0.235. The second-order valence-corrected chi connectivity index (χ2v) is 6.94. The van der Waals surface area contributed by atoms with Gasteiger partial charge in [-0.25, -0.2) is 4.72 Å². The summed E-state index contributed by atoms with van der Waals surface area (Å²) in [4.78, 5) is 3.65. The Bertz CT molecular complexity index is 883. The Balaban J connectivity index is 1.36. The third-order valence-corrected chi connectivity index (χ3v) is 5.43. The minimum atomic E-state index is 0.460. The number of nitrogens with one attached hydrogen (secondary N) is 2. The molecule has 0 amide bonds. The lowest BCUT2D eigenvalue weighted by atomic mass is 10.2. The van der Waals surface area contributed by atoms with E-state index in [-0.39, 0.29) is 0 Å². The van der Waals surface area contributed by atoms with Gasteiger partial charge >= 0.3 is 0 Å². The zero-order chi connectivity index (χ0) is 16.6. The van der Waals surface area contributed by atoms with Gasteiger partial charge in [0.2, 0.25) is 5.82 Å². The van der Waals surface area contributed by atoms with E-state index in [1.54, 1.807) is 11.9 Å². The standard InChI is InChI=1S/C17H16N6OS/c1-2-16-20-25-15-10-13(7-8-14(15)23(16)9-1)24-12-5-3-11(4-6-12)17-18-21-22-19-17/h3-8,10,16,20H,1-2,9H2,(H,18,19,21,22). The highest BCUT2D eigenvalue weighted by Crippen LogP contribution is 2.40. The van der Waals surface area contributed by atoms with Crippen LogP contribution in [0.15, 0.2) is 47.4 Å². The molecule has 5 rings (SSSR count). The minimum Gasteiger partial charge on any atom is -0.457 e. The number of nitrogens with zero attached hydrogens (tertiary/aromatic N) is 4. The lowest BCUT2D eigenvalue weighted by Crippen LogP contribution is -2.41. The molecule has 3 heterocycles. The predicted octanol–water partition coefficient (Wildman–Crippen LogP) is 3.20. The Morgan fingerprint density at radius 2 is 2.00 bits per heavy atom. The van der Waals surface area contributed by atoms with Crippen molar-refractivity contribution in [2.24, 2.45) is 0 Å². The molecule has 0 aliphatic carbocycles. The van der Waals surface area contributed by atoms with Crippen LogP contribution in [0.5, 0.6) is 11.5 Å². The first-order valence-electron chi connectivity index (χ1n) is 8.22. The van der Waals surface area contributed by atoms with Crippen molar-refractivity contribution in [3.05, 3.63) is 42.5 Å². The van der Waals surface area contributed by atoms with Gasteiger partial charge in [0.1, 0.15) is 11.5 Å². The van der Waals surface area contributed by atoms with Gasteiger partial charge < -0.3 is 9.64 Å². The van der Waals surface area contributed by atoms with Gasteiger partial charge in [-0.1, -0.05) is 0 Å². The molecule has 2 aliphatic heterocycles. The lowest BCUT2D eigenvalue weighted by Gasteiger charge is -2.33. The number of benzene rings is 2. The third kappa shape index (κ3) is 2.73. The molecule has 1 aromatic heterocycles.